The monoisotopic (exact) mass is 432 g/mol. The highest BCUT2D eigenvalue weighted by Crippen LogP contribution is 2.33. The van der Waals surface area contributed by atoms with Crippen LogP contribution >= 0.6 is 27.3 Å². The lowest BCUT2D eigenvalue weighted by atomic mass is 10.1. The molecule has 0 fully saturated rings. The molecule has 1 aromatic carbocycles. The smallest absolute Gasteiger partial charge is 0.248 e. The number of nitrogens with two attached hydrogens (primary N) is 1. The molecule has 1 amide bonds. The Morgan fingerprint density at radius 3 is 2.77 bits per heavy atom. The van der Waals surface area contributed by atoms with Crippen molar-refractivity contribution in [3.63, 3.8) is 0 Å². The molecule has 0 unspecified atom stereocenters. The van der Waals surface area contributed by atoms with Crippen molar-refractivity contribution in [2.45, 2.75) is 20.0 Å². The third-order valence-corrected chi connectivity index (χ3v) is 4.62. The van der Waals surface area contributed by atoms with Crippen LogP contribution in [0.2, 0.25) is 0 Å². The van der Waals surface area contributed by atoms with Crippen LogP contribution in [-0.4, -0.2) is 22.0 Å². The third-order valence-electron chi connectivity index (χ3n) is 3.40. The number of primary amides is 1. The summed E-state index contributed by atoms with van der Waals surface area (Å²) in [7, 11) is 0. The van der Waals surface area contributed by atoms with Crippen LogP contribution in [-0.2, 0) is 0 Å². The number of ether oxygens (including phenoxy) is 1. The molecule has 0 bridgehead atoms. The molecular weight excluding hydrogens is 416 g/mol. The summed E-state index contributed by atoms with van der Waals surface area (Å²) in [6.45, 7) is 3.88. The number of anilines is 2. The van der Waals surface area contributed by atoms with Crippen molar-refractivity contribution in [3.05, 3.63) is 52.1 Å². The van der Waals surface area contributed by atoms with Gasteiger partial charge in [0.25, 0.3) is 0 Å². The van der Waals surface area contributed by atoms with Gasteiger partial charge in [-0.2, -0.15) is 0 Å². The summed E-state index contributed by atoms with van der Waals surface area (Å²) < 4.78 is 6.58. The fraction of sp³-hybridized carbons (Fsp3) is 0.167. The largest absolute Gasteiger partial charge is 0.489 e. The van der Waals surface area contributed by atoms with Gasteiger partial charge in [0.15, 0.2) is 5.13 Å². The second-order valence-corrected chi connectivity index (χ2v) is 7.44. The highest BCUT2D eigenvalue weighted by atomic mass is 79.9. The van der Waals surface area contributed by atoms with Crippen LogP contribution in [0, 0.1) is 0 Å². The number of amides is 1. The molecule has 0 radical (unpaired) electrons. The molecule has 0 saturated carbocycles. The molecule has 6 nitrogen and oxygen atoms in total. The summed E-state index contributed by atoms with van der Waals surface area (Å²) in [5.74, 6) is 0.136. The number of thiazole rings is 1. The number of carbonyl (C=O) groups is 1. The minimum absolute atomic E-state index is 0.00401. The van der Waals surface area contributed by atoms with Gasteiger partial charge < -0.3 is 15.8 Å². The molecule has 2 aromatic heterocycles. The fourth-order valence-corrected chi connectivity index (χ4v) is 3.21. The van der Waals surface area contributed by atoms with Gasteiger partial charge >= 0.3 is 0 Å². The Labute approximate surface area is 163 Å². The maximum Gasteiger partial charge on any atom is 0.248 e. The van der Waals surface area contributed by atoms with E-state index in [1.165, 1.54) is 11.3 Å². The Morgan fingerprint density at radius 2 is 2.12 bits per heavy atom. The van der Waals surface area contributed by atoms with Crippen molar-refractivity contribution in [3.8, 4) is 17.0 Å². The molecule has 26 heavy (non-hydrogen) atoms. The average Bonchev–Trinajstić information content (AvgIpc) is 3.05. The van der Waals surface area contributed by atoms with E-state index in [0.717, 1.165) is 15.9 Å². The number of hydrogen-bond donors (Lipinski definition) is 2. The topological polar surface area (TPSA) is 90.1 Å². The van der Waals surface area contributed by atoms with Crippen LogP contribution in [0.4, 0.5) is 10.8 Å². The molecule has 134 valence electrons. The SMILES string of the molecule is CC(C)Oc1ccc(C(N)=O)cc1Nc1nc(-c2ccc(Br)nc2)cs1. The van der Waals surface area contributed by atoms with Gasteiger partial charge in [-0.15, -0.1) is 11.3 Å². The Bertz CT molecular complexity index is 925. The zero-order valence-electron chi connectivity index (χ0n) is 14.2. The first-order valence-electron chi connectivity index (χ1n) is 7.87. The predicted molar refractivity (Wildman–Crippen MR) is 107 cm³/mol. The highest BCUT2D eigenvalue weighted by molar-refractivity contribution is 9.10. The third kappa shape index (κ3) is 4.39. The minimum atomic E-state index is -0.495. The second kappa shape index (κ2) is 7.84. The summed E-state index contributed by atoms with van der Waals surface area (Å²) >= 11 is 4.77. The molecule has 0 saturated heterocycles. The Hall–Kier alpha value is -2.45. The van der Waals surface area contributed by atoms with Crippen LogP contribution in [0.25, 0.3) is 11.3 Å². The van der Waals surface area contributed by atoms with E-state index in [4.69, 9.17) is 10.5 Å². The van der Waals surface area contributed by atoms with Crippen molar-refractivity contribution in [2.24, 2.45) is 5.73 Å². The van der Waals surface area contributed by atoms with Crippen LogP contribution in [0.15, 0.2) is 46.5 Å². The van der Waals surface area contributed by atoms with E-state index in [0.29, 0.717) is 22.1 Å². The Kier molecular flexibility index (Phi) is 5.53. The van der Waals surface area contributed by atoms with Gasteiger partial charge in [0.1, 0.15) is 10.4 Å². The van der Waals surface area contributed by atoms with Crippen molar-refractivity contribution < 1.29 is 9.53 Å². The van der Waals surface area contributed by atoms with E-state index < -0.39 is 5.91 Å². The van der Waals surface area contributed by atoms with Crippen LogP contribution in [0.1, 0.15) is 24.2 Å². The highest BCUT2D eigenvalue weighted by Gasteiger charge is 2.12. The molecule has 3 rings (SSSR count). The number of aromatic nitrogens is 2. The van der Waals surface area contributed by atoms with Gasteiger partial charge in [0.2, 0.25) is 5.91 Å². The molecular formula is C18H17BrN4O2S. The van der Waals surface area contributed by atoms with E-state index in [-0.39, 0.29) is 6.10 Å². The van der Waals surface area contributed by atoms with E-state index in [2.05, 4.69) is 31.2 Å². The van der Waals surface area contributed by atoms with Crippen LogP contribution in [0.5, 0.6) is 5.75 Å². The molecule has 0 aliphatic rings. The number of halogens is 1. The van der Waals surface area contributed by atoms with Crippen LogP contribution < -0.4 is 15.8 Å². The first-order valence-corrected chi connectivity index (χ1v) is 9.54. The second-order valence-electron chi connectivity index (χ2n) is 5.77. The quantitative estimate of drug-likeness (QED) is 0.555. The van der Waals surface area contributed by atoms with Crippen molar-refractivity contribution >= 4 is 44.0 Å². The summed E-state index contributed by atoms with van der Waals surface area (Å²) in [6.07, 6.45) is 1.75. The van der Waals surface area contributed by atoms with E-state index in [1.807, 2.05) is 31.4 Å². The molecule has 0 spiro atoms. The Balaban J connectivity index is 1.89. The van der Waals surface area contributed by atoms with Crippen molar-refractivity contribution in [1.29, 1.82) is 0 Å². The van der Waals surface area contributed by atoms with E-state index >= 15 is 0 Å². The predicted octanol–water partition coefficient (Wildman–Crippen LogP) is 4.60. The summed E-state index contributed by atoms with van der Waals surface area (Å²) in [5, 5.41) is 5.84. The maximum atomic E-state index is 11.5. The summed E-state index contributed by atoms with van der Waals surface area (Å²) in [5.41, 5.74) is 8.17. The van der Waals surface area contributed by atoms with Gasteiger partial charge in [0, 0.05) is 22.7 Å². The molecule has 2 heterocycles. The zero-order valence-corrected chi connectivity index (χ0v) is 16.6. The molecule has 3 aromatic rings. The van der Waals surface area contributed by atoms with Crippen molar-refractivity contribution in [2.75, 3.05) is 5.32 Å². The lowest BCUT2D eigenvalue weighted by Gasteiger charge is -2.15. The van der Waals surface area contributed by atoms with Crippen molar-refractivity contribution in [1.82, 2.24) is 9.97 Å². The number of carbonyl (C=O) groups excluding carboxylic acids is 1. The normalized spacial score (nSPS) is 10.8. The molecule has 0 atom stereocenters. The fourth-order valence-electron chi connectivity index (χ4n) is 2.24. The van der Waals surface area contributed by atoms with Gasteiger partial charge in [-0.05, 0) is 60.1 Å². The molecule has 0 aliphatic carbocycles. The summed E-state index contributed by atoms with van der Waals surface area (Å²) in [6, 6.07) is 8.85. The standard InChI is InChI=1S/C18H17BrN4O2S/c1-10(2)25-15-5-3-11(17(20)24)7-13(15)22-18-23-14(9-26-18)12-4-6-16(19)21-8-12/h3-10H,1-2H3,(H2,20,24)(H,22,23). The first kappa shape index (κ1) is 18.3. The molecule has 0 aliphatic heterocycles. The number of nitrogens with one attached hydrogen (secondary N) is 1. The number of rotatable bonds is 6. The number of nitrogens with zero attached hydrogens (tertiary/aromatic N) is 2. The lowest BCUT2D eigenvalue weighted by molar-refractivity contribution is 0.100. The van der Waals surface area contributed by atoms with Gasteiger partial charge in [-0.25, -0.2) is 9.97 Å². The Morgan fingerprint density at radius 1 is 1.31 bits per heavy atom. The van der Waals surface area contributed by atoms with Crippen LogP contribution in [0.3, 0.4) is 0 Å². The number of pyridine rings is 1. The van der Waals surface area contributed by atoms with E-state index in [1.54, 1.807) is 24.4 Å². The van der Waals surface area contributed by atoms with Gasteiger partial charge in [-0.3, -0.25) is 4.79 Å². The average molecular weight is 433 g/mol. The lowest BCUT2D eigenvalue weighted by Crippen LogP contribution is -2.12. The zero-order chi connectivity index (χ0) is 18.7. The number of benzene rings is 1. The van der Waals surface area contributed by atoms with E-state index in [9.17, 15) is 4.79 Å². The first-order chi connectivity index (χ1) is 12.4. The van der Waals surface area contributed by atoms with Gasteiger partial charge in [-0.1, -0.05) is 0 Å². The minimum Gasteiger partial charge on any atom is -0.489 e. The maximum absolute atomic E-state index is 11.5. The molecule has 3 N–H and O–H groups in total. The molecule has 8 heteroatoms. The van der Waals surface area contributed by atoms with Gasteiger partial charge in [0.05, 0.1) is 17.5 Å². The summed E-state index contributed by atoms with van der Waals surface area (Å²) in [4.78, 5) is 20.3. The number of hydrogen-bond acceptors (Lipinski definition) is 6.